The van der Waals surface area contributed by atoms with Gasteiger partial charge >= 0.3 is 0 Å². The first kappa shape index (κ1) is 25.5. The maximum atomic E-state index is 12.9. The zero-order chi connectivity index (χ0) is 25.9. The summed E-state index contributed by atoms with van der Waals surface area (Å²) in [6.45, 7) is 5.68. The van der Waals surface area contributed by atoms with Gasteiger partial charge in [-0.15, -0.1) is 0 Å². The van der Waals surface area contributed by atoms with Crippen LogP contribution in [0, 0.1) is 0 Å². The van der Waals surface area contributed by atoms with E-state index in [-0.39, 0.29) is 10.7 Å². The fourth-order valence-corrected chi connectivity index (χ4v) is 4.60. The maximum absolute atomic E-state index is 12.9. The van der Waals surface area contributed by atoms with Crippen molar-refractivity contribution < 1.29 is 17.3 Å². The van der Waals surface area contributed by atoms with Gasteiger partial charge in [-0.2, -0.15) is 0 Å². The molecule has 0 aliphatic heterocycles. The second-order valence-electron chi connectivity index (χ2n) is 8.79. The van der Waals surface area contributed by atoms with E-state index in [1.54, 1.807) is 44.2 Å². The normalized spacial score (nSPS) is 12.7. The van der Waals surface area contributed by atoms with Crippen LogP contribution in [-0.4, -0.2) is 41.5 Å². The van der Waals surface area contributed by atoms with Crippen LogP contribution < -0.4 is 11.1 Å². The standard InChI is InChI=1S/C26H28FN5O3S/c1-16(2)36(33,34)21-10-8-20(9-11-21)23-15-30-26(28)25(31-23)24-12-22(32-35-24)19-6-4-18(5-7-19)14-29-13-17(3)27/h4-12,15-17,29H,13-14H2,1-3H3,(H2,28,30). The summed E-state index contributed by atoms with van der Waals surface area (Å²) in [5, 5.41) is 6.69. The Kier molecular flexibility index (Phi) is 7.46. The predicted octanol–water partition coefficient (Wildman–Crippen LogP) is 4.68. The highest BCUT2D eigenvalue weighted by Gasteiger charge is 2.20. The molecule has 1 atom stereocenters. The van der Waals surface area contributed by atoms with E-state index in [2.05, 4.69) is 20.4 Å². The third kappa shape index (κ3) is 5.60. The highest BCUT2D eigenvalue weighted by molar-refractivity contribution is 7.92. The predicted molar refractivity (Wildman–Crippen MR) is 137 cm³/mol. The lowest BCUT2D eigenvalue weighted by Gasteiger charge is -2.09. The van der Waals surface area contributed by atoms with E-state index < -0.39 is 21.3 Å². The molecule has 2 heterocycles. The minimum absolute atomic E-state index is 0.184. The van der Waals surface area contributed by atoms with Gasteiger partial charge < -0.3 is 15.6 Å². The van der Waals surface area contributed by atoms with Gasteiger partial charge in [-0.05, 0) is 38.5 Å². The Morgan fingerprint density at radius 3 is 2.28 bits per heavy atom. The molecule has 10 heteroatoms. The average molecular weight is 510 g/mol. The van der Waals surface area contributed by atoms with Crippen LogP contribution in [0.15, 0.2) is 70.2 Å². The molecule has 188 valence electrons. The number of alkyl halides is 1. The molecule has 2 aromatic heterocycles. The van der Waals surface area contributed by atoms with Crippen LogP contribution in [0.3, 0.4) is 0 Å². The van der Waals surface area contributed by atoms with E-state index in [0.29, 0.717) is 41.5 Å². The van der Waals surface area contributed by atoms with Gasteiger partial charge in [0.1, 0.15) is 11.9 Å². The summed E-state index contributed by atoms with van der Waals surface area (Å²) in [5.41, 5.74) is 10.1. The van der Waals surface area contributed by atoms with Crippen LogP contribution in [0.5, 0.6) is 0 Å². The van der Waals surface area contributed by atoms with Crippen molar-refractivity contribution in [3.63, 3.8) is 0 Å². The van der Waals surface area contributed by atoms with Crippen LogP contribution in [0.2, 0.25) is 0 Å². The fraction of sp³-hybridized carbons (Fsp3) is 0.269. The van der Waals surface area contributed by atoms with Crippen molar-refractivity contribution in [1.82, 2.24) is 20.4 Å². The summed E-state index contributed by atoms with van der Waals surface area (Å²) >= 11 is 0. The van der Waals surface area contributed by atoms with Gasteiger partial charge in [0.2, 0.25) is 0 Å². The molecule has 0 aliphatic rings. The Labute approximate surface area is 209 Å². The Morgan fingerprint density at radius 1 is 1.00 bits per heavy atom. The summed E-state index contributed by atoms with van der Waals surface area (Å²) < 4.78 is 43.3. The molecule has 0 fully saturated rings. The van der Waals surface area contributed by atoms with Crippen molar-refractivity contribution in [3.05, 3.63) is 66.4 Å². The minimum atomic E-state index is -3.37. The molecule has 4 aromatic rings. The van der Waals surface area contributed by atoms with Crippen LogP contribution in [0.1, 0.15) is 26.3 Å². The number of nitrogens with one attached hydrogen (secondary N) is 1. The molecule has 0 amide bonds. The topological polar surface area (TPSA) is 124 Å². The SMILES string of the molecule is CC(F)CNCc1ccc(-c2cc(-c3nc(-c4ccc(S(=O)(=O)C(C)C)cc4)cnc3N)on2)cc1. The van der Waals surface area contributed by atoms with Gasteiger partial charge in [-0.3, -0.25) is 0 Å². The second-order valence-corrected chi connectivity index (χ2v) is 11.3. The summed E-state index contributed by atoms with van der Waals surface area (Å²) in [5.74, 6) is 0.544. The molecule has 0 saturated heterocycles. The summed E-state index contributed by atoms with van der Waals surface area (Å²) in [4.78, 5) is 9.09. The quantitative estimate of drug-likeness (QED) is 0.333. The Bertz CT molecular complexity index is 1430. The van der Waals surface area contributed by atoms with Crippen molar-refractivity contribution in [2.24, 2.45) is 0 Å². The Hall–Kier alpha value is -3.63. The van der Waals surface area contributed by atoms with E-state index in [1.165, 1.54) is 13.1 Å². The van der Waals surface area contributed by atoms with Gasteiger partial charge in [-0.25, -0.2) is 22.8 Å². The smallest absolute Gasteiger partial charge is 0.189 e. The third-order valence-electron chi connectivity index (χ3n) is 5.65. The highest BCUT2D eigenvalue weighted by Crippen LogP contribution is 2.30. The summed E-state index contributed by atoms with van der Waals surface area (Å²) in [7, 11) is -3.37. The van der Waals surface area contributed by atoms with Gasteiger partial charge in [0.05, 0.1) is 22.0 Å². The maximum Gasteiger partial charge on any atom is 0.189 e. The lowest BCUT2D eigenvalue weighted by molar-refractivity contribution is 0.344. The van der Waals surface area contributed by atoms with E-state index in [9.17, 15) is 12.8 Å². The number of hydrogen-bond acceptors (Lipinski definition) is 8. The molecule has 0 spiro atoms. The van der Waals surface area contributed by atoms with Crippen molar-refractivity contribution in [1.29, 1.82) is 0 Å². The number of rotatable bonds is 9. The molecule has 1 unspecified atom stereocenters. The minimum Gasteiger partial charge on any atom is -0.382 e. The van der Waals surface area contributed by atoms with Crippen LogP contribution in [0.25, 0.3) is 34.0 Å². The lowest BCUT2D eigenvalue weighted by Crippen LogP contribution is -2.21. The third-order valence-corrected chi connectivity index (χ3v) is 7.82. The van der Waals surface area contributed by atoms with E-state index in [4.69, 9.17) is 10.3 Å². The zero-order valence-corrected chi connectivity index (χ0v) is 21.1. The molecular formula is C26H28FN5O3S. The van der Waals surface area contributed by atoms with Gasteiger partial charge in [0.15, 0.2) is 27.1 Å². The number of aromatic nitrogens is 3. The number of nitrogens with zero attached hydrogens (tertiary/aromatic N) is 3. The van der Waals surface area contributed by atoms with Crippen LogP contribution in [-0.2, 0) is 16.4 Å². The van der Waals surface area contributed by atoms with Crippen molar-refractivity contribution in [3.8, 4) is 34.0 Å². The molecule has 2 aromatic carbocycles. The van der Waals surface area contributed by atoms with Gasteiger partial charge in [-0.1, -0.05) is 41.6 Å². The molecule has 0 bridgehead atoms. The summed E-state index contributed by atoms with van der Waals surface area (Å²) in [6, 6.07) is 15.9. The van der Waals surface area contributed by atoms with Gasteiger partial charge in [0, 0.05) is 30.3 Å². The lowest BCUT2D eigenvalue weighted by atomic mass is 10.1. The number of hydrogen-bond donors (Lipinski definition) is 2. The first-order chi connectivity index (χ1) is 17.1. The van der Waals surface area contributed by atoms with Gasteiger partial charge in [0.25, 0.3) is 0 Å². The monoisotopic (exact) mass is 509 g/mol. The molecule has 0 radical (unpaired) electrons. The number of benzene rings is 2. The first-order valence-electron chi connectivity index (χ1n) is 11.5. The van der Waals surface area contributed by atoms with Crippen molar-refractivity contribution in [2.75, 3.05) is 12.3 Å². The summed E-state index contributed by atoms with van der Waals surface area (Å²) in [6.07, 6.45) is 0.630. The highest BCUT2D eigenvalue weighted by atomic mass is 32.2. The number of sulfone groups is 1. The molecule has 36 heavy (non-hydrogen) atoms. The first-order valence-corrected chi connectivity index (χ1v) is 13.1. The molecule has 3 N–H and O–H groups in total. The van der Waals surface area contributed by atoms with Crippen LogP contribution in [0.4, 0.5) is 10.2 Å². The largest absolute Gasteiger partial charge is 0.382 e. The second kappa shape index (κ2) is 10.5. The number of nitrogen functional groups attached to an aromatic ring is 1. The Balaban J connectivity index is 1.55. The molecule has 8 nitrogen and oxygen atoms in total. The zero-order valence-electron chi connectivity index (χ0n) is 20.3. The number of nitrogens with two attached hydrogens (primary N) is 1. The van der Waals surface area contributed by atoms with E-state index in [1.807, 2.05) is 24.3 Å². The molecule has 0 saturated carbocycles. The molecular weight excluding hydrogens is 481 g/mol. The Morgan fingerprint density at radius 2 is 1.64 bits per heavy atom. The van der Waals surface area contributed by atoms with Crippen molar-refractivity contribution in [2.45, 2.75) is 43.6 Å². The van der Waals surface area contributed by atoms with E-state index >= 15 is 0 Å². The average Bonchev–Trinajstić information content (AvgIpc) is 3.34. The van der Waals surface area contributed by atoms with Crippen LogP contribution >= 0.6 is 0 Å². The number of halogens is 1. The fourth-order valence-electron chi connectivity index (χ4n) is 3.54. The molecule has 0 aliphatic carbocycles. The number of anilines is 1. The van der Waals surface area contributed by atoms with E-state index in [0.717, 1.165) is 11.1 Å². The van der Waals surface area contributed by atoms with Crippen molar-refractivity contribution >= 4 is 15.7 Å². The molecule has 4 rings (SSSR count).